The Morgan fingerprint density at radius 3 is 2.13 bits per heavy atom. The van der Waals surface area contributed by atoms with Gasteiger partial charge in [0.1, 0.15) is 6.42 Å². The van der Waals surface area contributed by atoms with Crippen molar-refractivity contribution in [3.8, 4) is 0 Å². The molecule has 0 fully saturated rings. The molecule has 0 aliphatic rings. The number of hydrogen-bond donors (Lipinski definition) is 1. The second-order valence-electron chi connectivity index (χ2n) is 5.19. The summed E-state index contributed by atoms with van der Waals surface area (Å²) in [6.45, 7) is 12.4. The summed E-state index contributed by atoms with van der Waals surface area (Å²) < 4.78 is 5.88. The van der Waals surface area contributed by atoms with E-state index in [1.54, 1.807) is 6.08 Å². The molecule has 0 rings (SSSR count). The molecule has 3 nitrogen and oxygen atoms in total. The standard InChI is InChI=1S/C11H22O3Si/c1-7-9(8-10(12)13)14-15(5,6)11(2,3)4/h7H,8H2,1-6H3,(H,12,13). The molecule has 0 saturated carbocycles. The van der Waals surface area contributed by atoms with Crippen molar-refractivity contribution in [1.29, 1.82) is 0 Å². The molecular weight excluding hydrogens is 208 g/mol. The van der Waals surface area contributed by atoms with Crippen LogP contribution in [0.4, 0.5) is 0 Å². The van der Waals surface area contributed by atoms with E-state index >= 15 is 0 Å². The van der Waals surface area contributed by atoms with Crippen molar-refractivity contribution in [2.24, 2.45) is 0 Å². The van der Waals surface area contributed by atoms with E-state index in [2.05, 4.69) is 33.9 Å². The smallest absolute Gasteiger partial charge is 0.310 e. The molecule has 4 heteroatoms. The first-order chi connectivity index (χ1) is 6.60. The van der Waals surface area contributed by atoms with Gasteiger partial charge in [0, 0.05) is 0 Å². The van der Waals surface area contributed by atoms with Gasteiger partial charge in [-0.05, 0) is 25.1 Å². The summed E-state index contributed by atoms with van der Waals surface area (Å²) in [5.41, 5.74) is 0. The monoisotopic (exact) mass is 230 g/mol. The van der Waals surface area contributed by atoms with E-state index in [0.717, 1.165) is 0 Å². The third-order valence-electron chi connectivity index (χ3n) is 2.84. The van der Waals surface area contributed by atoms with Crippen molar-refractivity contribution in [3.05, 3.63) is 11.8 Å². The molecule has 0 heterocycles. The molecular formula is C11H22O3Si. The zero-order chi connectivity index (χ0) is 12.3. The second-order valence-corrected chi connectivity index (χ2v) is 9.91. The maximum absolute atomic E-state index is 10.6. The van der Waals surface area contributed by atoms with Crippen molar-refractivity contribution >= 4 is 14.3 Å². The van der Waals surface area contributed by atoms with Crippen molar-refractivity contribution < 1.29 is 14.3 Å². The summed E-state index contributed by atoms with van der Waals surface area (Å²) in [5, 5.41) is 8.81. The fourth-order valence-corrected chi connectivity index (χ4v) is 1.98. The van der Waals surface area contributed by atoms with E-state index in [1.165, 1.54) is 0 Å². The van der Waals surface area contributed by atoms with Crippen LogP contribution >= 0.6 is 0 Å². The summed E-state index contributed by atoms with van der Waals surface area (Å²) in [4.78, 5) is 10.6. The Morgan fingerprint density at radius 2 is 1.87 bits per heavy atom. The highest BCUT2D eigenvalue weighted by Crippen LogP contribution is 2.38. The predicted octanol–water partition coefficient (Wildman–Crippen LogP) is 3.39. The lowest BCUT2D eigenvalue weighted by Gasteiger charge is -2.37. The van der Waals surface area contributed by atoms with Crippen molar-refractivity contribution in [3.63, 3.8) is 0 Å². The van der Waals surface area contributed by atoms with Gasteiger partial charge in [-0.1, -0.05) is 26.8 Å². The number of allylic oxidation sites excluding steroid dienone is 1. The van der Waals surface area contributed by atoms with Gasteiger partial charge in [-0.15, -0.1) is 0 Å². The number of carbonyl (C=O) groups is 1. The van der Waals surface area contributed by atoms with Crippen LogP contribution in [0.3, 0.4) is 0 Å². The minimum Gasteiger partial charge on any atom is -0.546 e. The van der Waals surface area contributed by atoms with Crippen LogP contribution in [0.2, 0.25) is 18.1 Å². The fourth-order valence-electron chi connectivity index (χ4n) is 0.827. The normalized spacial score (nSPS) is 13.9. The van der Waals surface area contributed by atoms with Crippen LogP contribution in [0, 0.1) is 0 Å². The van der Waals surface area contributed by atoms with Gasteiger partial charge >= 0.3 is 5.97 Å². The van der Waals surface area contributed by atoms with Gasteiger partial charge < -0.3 is 9.53 Å². The van der Waals surface area contributed by atoms with Crippen LogP contribution < -0.4 is 0 Å². The van der Waals surface area contributed by atoms with E-state index in [1.807, 2.05) is 6.92 Å². The molecule has 1 N–H and O–H groups in total. The molecule has 88 valence electrons. The van der Waals surface area contributed by atoms with E-state index in [-0.39, 0.29) is 11.5 Å². The second kappa shape index (κ2) is 4.83. The van der Waals surface area contributed by atoms with Gasteiger partial charge in [0.2, 0.25) is 8.32 Å². The summed E-state index contributed by atoms with van der Waals surface area (Å²) >= 11 is 0. The van der Waals surface area contributed by atoms with Gasteiger partial charge in [-0.25, -0.2) is 0 Å². The Morgan fingerprint density at radius 1 is 1.40 bits per heavy atom. The summed E-state index contributed by atoms with van der Waals surface area (Å²) in [5.74, 6) is -0.268. The van der Waals surface area contributed by atoms with E-state index in [4.69, 9.17) is 9.53 Å². The SMILES string of the molecule is CC=C(CC(=O)O)O[Si](C)(C)C(C)(C)C. The minimum absolute atomic E-state index is 0.0248. The topological polar surface area (TPSA) is 46.5 Å². The molecule has 0 atom stereocenters. The highest BCUT2D eigenvalue weighted by Gasteiger charge is 2.39. The Balaban J connectivity index is 4.63. The van der Waals surface area contributed by atoms with Crippen molar-refractivity contribution in [1.82, 2.24) is 0 Å². The predicted molar refractivity (Wildman–Crippen MR) is 64.3 cm³/mol. The highest BCUT2D eigenvalue weighted by molar-refractivity contribution is 6.74. The molecule has 0 radical (unpaired) electrons. The lowest BCUT2D eigenvalue weighted by Crippen LogP contribution is -2.40. The molecule has 0 aliphatic carbocycles. The highest BCUT2D eigenvalue weighted by atomic mass is 28.4. The van der Waals surface area contributed by atoms with Crippen molar-refractivity contribution in [2.45, 2.75) is 52.2 Å². The molecule has 15 heavy (non-hydrogen) atoms. The molecule has 0 unspecified atom stereocenters. The molecule has 0 amide bonds. The molecule has 0 spiro atoms. The average molecular weight is 230 g/mol. The van der Waals surface area contributed by atoms with E-state index in [9.17, 15) is 4.79 Å². The summed E-state index contributed by atoms with van der Waals surface area (Å²) in [6.07, 6.45) is 1.72. The largest absolute Gasteiger partial charge is 0.546 e. The summed E-state index contributed by atoms with van der Waals surface area (Å²) in [7, 11) is -1.89. The van der Waals surface area contributed by atoms with Crippen LogP contribution in [0.25, 0.3) is 0 Å². The number of carboxylic acids is 1. The first-order valence-corrected chi connectivity index (χ1v) is 8.07. The zero-order valence-electron chi connectivity index (χ0n) is 10.5. The Bertz CT molecular complexity index is 261. The third-order valence-corrected chi connectivity index (χ3v) is 7.22. The van der Waals surface area contributed by atoms with E-state index < -0.39 is 14.3 Å². The molecule has 0 aromatic rings. The van der Waals surface area contributed by atoms with Gasteiger partial charge in [0.05, 0.1) is 5.76 Å². The van der Waals surface area contributed by atoms with Crippen LogP contribution in [0.1, 0.15) is 34.1 Å². The maximum atomic E-state index is 10.6. The van der Waals surface area contributed by atoms with Crippen molar-refractivity contribution in [2.75, 3.05) is 0 Å². The van der Waals surface area contributed by atoms with Crippen LogP contribution in [0.15, 0.2) is 11.8 Å². The quantitative estimate of drug-likeness (QED) is 0.595. The van der Waals surface area contributed by atoms with Gasteiger partial charge in [-0.3, -0.25) is 4.79 Å². The number of carboxylic acid groups (broad SMARTS) is 1. The lowest BCUT2D eigenvalue weighted by atomic mass is 10.2. The van der Waals surface area contributed by atoms with Crippen LogP contribution in [-0.4, -0.2) is 19.4 Å². The molecule has 0 aromatic carbocycles. The average Bonchev–Trinajstić information content (AvgIpc) is 1.99. The first-order valence-electron chi connectivity index (χ1n) is 5.16. The zero-order valence-corrected chi connectivity index (χ0v) is 11.5. The van der Waals surface area contributed by atoms with Crippen LogP contribution in [0.5, 0.6) is 0 Å². The molecule has 0 saturated heterocycles. The van der Waals surface area contributed by atoms with E-state index in [0.29, 0.717) is 5.76 Å². The number of hydrogen-bond acceptors (Lipinski definition) is 2. The Kier molecular flexibility index (Phi) is 4.58. The molecule has 0 aromatic heterocycles. The number of aliphatic carboxylic acids is 1. The van der Waals surface area contributed by atoms with Gasteiger partial charge in [0.15, 0.2) is 0 Å². The maximum Gasteiger partial charge on any atom is 0.310 e. The van der Waals surface area contributed by atoms with Gasteiger partial charge in [-0.2, -0.15) is 0 Å². The number of rotatable bonds is 4. The summed E-state index contributed by atoms with van der Waals surface area (Å²) in [6, 6.07) is 0. The Hall–Kier alpha value is -0.773. The molecule has 0 aliphatic heterocycles. The molecule has 0 bridgehead atoms. The fraction of sp³-hybridized carbons (Fsp3) is 0.727. The van der Waals surface area contributed by atoms with Gasteiger partial charge in [0.25, 0.3) is 0 Å². The van der Waals surface area contributed by atoms with Crippen LogP contribution in [-0.2, 0) is 9.22 Å². The third kappa shape index (κ3) is 4.51. The first kappa shape index (κ1) is 14.2. The lowest BCUT2D eigenvalue weighted by molar-refractivity contribution is -0.136. The minimum atomic E-state index is -1.89. The Labute approximate surface area is 93.3 Å².